The molecular weight excluding hydrogens is 382 g/mol. The van der Waals surface area contributed by atoms with E-state index in [4.69, 9.17) is 0 Å². The van der Waals surface area contributed by atoms with Crippen molar-refractivity contribution in [3.05, 3.63) is 111 Å². The van der Waals surface area contributed by atoms with Gasteiger partial charge in [-0.25, -0.2) is 0 Å². The van der Waals surface area contributed by atoms with Crippen molar-refractivity contribution in [1.82, 2.24) is 4.57 Å². The fourth-order valence-corrected chi connectivity index (χ4v) is 3.95. The van der Waals surface area contributed by atoms with Crippen LogP contribution in [0.25, 0.3) is 22.5 Å². The molecule has 0 fully saturated rings. The second-order valence-corrected chi connectivity index (χ2v) is 7.14. The van der Waals surface area contributed by atoms with Gasteiger partial charge in [0.05, 0.1) is 32.4 Å². The molecule has 0 N–H and O–H groups in total. The van der Waals surface area contributed by atoms with E-state index < -0.39 is 4.92 Å². The monoisotopic (exact) mass is 401 g/mol. The number of hydrogen-bond donors (Lipinski definition) is 0. The van der Waals surface area contributed by atoms with Crippen molar-refractivity contribution in [2.24, 2.45) is 5.92 Å². The molecular formula is C23H19N3O4. The van der Waals surface area contributed by atoms with Crippen molar-refractivity contribution in [3.63, 3.8) is 0 Å². The number of allylic oxidation sites excluding steroid dienone is 3. The van der Waals surface area contributed by atoms with Crippen molar-refractivity contribution in [3.8, 4) is 16.9 Å². The van der Waals surface area contributed by atoms with E-state index in [0.717, 1.165) is 5.69 Å². The average molecular weight is 401 g/mol. The van der Waals surface area contributed by atoms with Crippen LogP contribution in [0.5, 0.6) is 0 Å². The Morgan fingerprint density at radius 2 is 1.53 bits per heavy atom. The molecule has 0 saturated carbocycles. The van der Waals surface area contributed by atoms with Gasteiger partial charge >= 0.3 is 0 Å². The van der Waals surface area contributed by atoms with Gasteiger partial charge in [0.15, 0.2) is 0 Å². The maximum Gasteiger partial charge on any atom is 0.278 e. The third-order valence-electron chi connectivity index (χ3n) is 5.28. The summed E-state index contributed by atoms with van der Waals surface area (Å²) in [6.45, 7) is 1.95. The Labute approximate surface area is 172 Å². The summed E-state index contributed by atoms with van der Waals surface area (Å²) in [5.41, 5.74) is 3.18. The molecule has 150 valence electrons. The molecule has 0 bridgehead atoms. The van der Waals surface area contributed by atoms with Crippen molar-refractivity contribution >= 4 is 11.3 Å². The van der Waals surface area contributed by atoms with Crippen LogP contribution in [0.3, 0.4) is 0 Å². The smallest absolute Gasteiger partial charge is 0.278 e. The molecule has 4 rings (SSSR count). The maximum absolute atomic E-state index is 11.7. The number of rotatable bonds is 5. The van der Waals surface area contributed by atoms with Gasteiger partial charge in [-0.1, -0.05) is 43.3 Å². The number of para-hydroxylation sites is 2. The van der Waals surface area contributed by atoms with Crippen LogP contribution in [-0.4, -0.2) is 14.4 Å². The van der Waals surface area contributed by atoms with Crippen LogP contribution in [0.15, 0.2) is 84.6 Å². The first-order valence-electron chi connectivity index (χ1n) is 9.55. The number of hydrogen-bond acceptors (Lipinski definition) is 4. The summed E-state index contributed by atoms with van der Waals surface area (Å²) < 4.78 is 1.87. The summed E-state index contributed by atoms with van der Waals surface area (Å²) >= 11 is 0. The molecule has 7 nitrogen and oxygen atoms in total. The van der Waals surface area contributed by atoms with Crippen LogP contribution in [0, 0.1) is 26.1 Å². The second-order valence-electron chi connectivity index (χ2n) is 7.14. The zero-order valence-corrected chi connectivity index (χ0v) is 16.3. The molecule has 3 aromatic rings. The summed E-state index contributed by atoms with van der Waals surface area (Å²) in [6.07, 6.45) is 4.04. The Hall–Kier alpha value is -4.00. The molecule has 0 saturated heterocycles. The van der Waals surface area contributed by atoms with E-state index in [1.54, 1.807) is 30.3 Å². The molecule has 7 heteroatoms. The van der Waals surface area contributed by atoms with Crippen LogP contribution in [0.4, 0.5) is 5.69 Å². The SMILES string of the molecule is CC1CC=CC([N+](=O)[O-])=C1c1ccc(-c2ccccc2[N+](=O)[O-])n1-c1ccccc1. The predicted molar refractivity (Wildman–Crippen MR) is 115 cm³/mol. The van der Waals surface area contributed by atoms with E-state index >= 15 is 0 Å². The van der Waals surface area contributed by atoms with Crippen molar-refractivity contribution < 1.29 is 9.85 Å². The number of nitro benzene ring substituents is 1. The lowest BCUT2D eigenvalue weighted by molar-refractivity contribution is -0.418. The second kappa shape index (κ2) is 7.79. The standard InChI is InChI=1S/C23H19N3O4/c1-16-8-7-13-22(26(29)30)23(16)21-15-14-19(24(21)17-9-3-2-4-10-17)18-11-5-6-12-20(18)25(27)28/h2-7,9-16H,8H2,1H3. The van der Waals surface area contributed by atoms with Gasteiger partial charge in [0, 0.05) is 17.8 Å². The molecule has 2 aromatic carbocycles. The number of aromatic nitrogens is 1. The fraction of sp³-hybridized carbons (Fsp3) is 0.130. The number of nitro groups is 2. The number of benzene rings is 2. The molecule has 0 radical (unpaired) electrons. The molecule has 1 atom stereocenters. The summed E-state index contributed by atoms with van der Waals surface area (Å²) in [7, 11) is 0. The molecule has 0 aliphatic heterocycles. The van der Waals surface area contributed by atoms with Crippen LogP contribution in [0.2, 0.25) is 0 Å². The van der Waals surface area contributed by atoms with E-state index in [1.165, 1.54) is 6.07 Å². The zero-order valence-electron chi connectivity index (χ0n) is 16.3. The quantitative estimate of drug-likeness (QED) is 0.409. The van der Waals surface area contributed by atoms with E-state index in [0.29, 0.717) is 28.9 Å². The zero-order chi connectivity index (χ0) is 21.3. The summed E-state index contributed by atoms with van der Waals surface area (Å²) in [5.74, 6) is -0.0635. The van der Waals surface area contributed by atoms with Crippen molar-refractivity contribution in [1.29, 1.82) is 0 Å². The minimum Gasteiger partial charge on any atom is -0.309 e. The molecule has 1 aliphatic carbocycles. The van der Waals surface area contributed by atoms with Gasteiger partial charge < -0.3 is 4.57 Å². The summed E-state index contributed by atoms with van der Waals surface area (Å²) in [6, 6.07) is 19.5. The summed E-state index contributed by atoms with van der Waals surface area (Å²) in [5, 5.41) is 23.4. The molecule has 30 heavy (non-hydrogen) atoms. The van der Waals surface area contributed by atoms with Gasteiger partial charge in [0.1, 0.15) is 0 Å². The van der Waals surface area contributed by atoms with Crippen molar-refractivity contribution in [2.45, 2.75) is 13.3 Å². The highest BCUT2D eigenvalue weighted by molar-refractivity contribution is 5.79. The number of nitrogens with zero attached hydrogens (tertiary/aromatic N) is 3. The normalized spacial score (nSPS) is 16.0. The van der Waals surface area contributed by atoms with Crippen LogP contribution in [0.1, 0.15) is 19.0 Å². The highest BCUT2D eigenvalue weighted by atomic mass is 16.6. The predicted octanol–water partition coefficient (Wildman–Crippen LogP) is 5.64. The molecule has 1 aromatic heterocycles. The van der Waals surface area contributed by atoms with E-state index in [9.17, 15) is 20.2 Å². The Morgan fingerprint density at radius 1 is 0.867 bits per heavy atom. The molecule has 0 amide bonds. The lowest BCUT2D eigenvalue weighted by atomic mass is 9.89. The van der Waals surface area contributed by atoms with Crippen LogP contribution in [-0.2, 0) is 0 Å². The molecule has 1 unspecified atom stereocenters. The van der Waals surface area contributed by atoms with Crippen molar-refractivity contribution in [2.75, 3.05) is 0 Å². The van der Waals surface area contributed by atoms with E-state index in [1.807, 2.05) is 54.0 Å². The maximum atomic E-state index is 11.7. The van der Waals surface area contributed by atoms with Gasteiger partial charge in [0.2, 0.25) is 0 Å². The van der Waals surface area contributed by atoms with Gasteiger partial charge in [-0.2, -0.15) is 0 Å². The van der Waals surface area contributed by atoms with Gasteiger partial charge in [0.25, 0.3) is 11.4 Å². The lowest BCUT2D eigenvalue weighted by Gasteiger charge is -2.21. The first-order chi connectivity index (χ1) is 14.5. The third-order valence-corrected chi connectivity index (χ3v) is 5.28. The van der Waals surface area contributed by atoms with E-state index in [-0.39, 0.29) is 22.2 Å². The van der Waals surface area contributed by atoms with Gasteiger partial charge in [-0.3, -0.25) is 20.2 Å². The van der Waals surface area contributed by atoms with Crippen LogP contribution >= 0.6 is 0 Å². The van der Waals surface area contributed by atoms with Gasteiger partial charge in [-0.05, 0) is 42.7 Å². The fourth-order valence-electron chi connectivity index (χ4n) is 3.95. The minimum atomic E-state index is -0.412. The first-order valence-corrected chi connectivity index (χ1v) is 9.55. The summed E-state index contributed by atoms with van der Waals surface area (Å²) in [4.78, 5) is 22.6. The third kappa shape index (κ3) is 3.30. The molecule has 1 aliphatic rings. The highest BCUT2D eigenvalue weighted by Crippen LogP contribution is 2.40. The Kier molecular flexibility index (Phi) is 5.02. The van der Waals surface area contributed by atoms with E-state index in [2.05, 4.69) is 0 Å². The molecule has 0 spiro atoms. The Balaban J connectivity index is 2.05. The first kappa shape index (κ1) is 19.3. The Bertz CT molecular complexity index is 1190. The topological polar surface area (TPSA) is 91.2 Å². The van der Waals surface area contributed by atoms with Crippen LogP contribution < -0.4 is 0 Å². The highest BCUT2D eigenvalue weighted by Gasteiger charge is 2.30. The average Bonchev–Trinajstić information content (AvgIpc) is 3.18. The minimum absolute atomic E-state index is 0.0144. The molecule has 1 heterocycles. The largest absolute Gasteiger partial charge is 0.309 e. The van der Waals surface area contributed by atoms with Gasteiger partial charge in [-0.15, -0.1) is 0 Å². The Morgan fingerprint density at radius 3 is 2.23 bits per heavy atom. The lowest BCUT2D eigenvalue weighted by Crippen LogP contribution is -2.13.